The predicted octanol–water partition coefficient (Wildman–Crippen LogP) is 1.69. The van der Waals surface area contributed by atoms with Crippen LogP contribution in [-0.4, -0.2) is 54.0 Å². The average Bonchev–Trinajstić information content (AvgIpc) is 2.46. The number of piperazine rings is 1. The highest BCUT2D eigenvalue weighted by molar-refractivity contribution is 5.79. The Morgan fingerprint density at radius 1 is 1.05 bits per heavy atom. The van der Waals surface area contributed by atoms with Crippen molar-refractivity contribution in [2.24, 2.45) is 17.6 Å². The molecule has 1 amide bonds. The highest BCUT2D eigenvalue weighted by atomic mass is 16.2. The lowest BCUT2D eigenvalue weighted by atomic mass is 9.81. The first-order valence-electron chi connectivity index (χ1n) is 8.15. The second kappa shape index (κ2) is 6.44. The third-order valence-corrected chi connectivity index (χ3v) is 5.07. The van der Waals surface area contributed by atoms with E-state index < -0.39 is 0 Å². The average molecular weight is 281 g/mol. The zero-order valence-electron chi connectivity index (χ0n) is 13.4. The van der Waals surface area contributed by atoms with Gasteiger partial charge in [0.1, 0.15) is 0 Å². The predicted molar refractivity (Wildman–Crippen MR) is 82.4 cm³/mol. The number of nitrogens with zero attached hydrogens (tertiary/aromatic N) is 2. The fraction of sp³-hybridized carbons (Fsp3) is 0.938. The molecule has 1 saturated carbocycles. The van der Waals surface area contributed by atoms with Gasteiger partial charge in [0.05, 0.1) is 0 Å². The van der Waals surface area contributed by atoms with Crippen LogP contribution < -0.4 is 5.73 Å². The first-order chi connectivity index (χ1) is 9.41. The minimum Gasteiger partial charge on any atom is -0.340 e. The summed E-state index contributed by atoms with van der Waals surface area (Å²) < 4.78 is 0. The van der Waals surface area contributed by atoms with Crippen LogP contribution in [0, 0.1) is 11.8 Å². The largest absolute Gasteiger partial charge is 0.340 e. The van der Waals surface area contributed by atoms with E-state index in [0.717, 1.165) is 58.4 Å². The second-order valence-electron chi connectivity index (χ2n) is 7.44. The molecule has 2 rings (SSSR count). The van der Waals surface area contributed by atoms with Gasteiger partial charge >= 0.3 is 0 Å². The van der Waals surface area contributed by atoms with Crippen LogP contribution in [0.5, 0.6) is 0 Å². The number of hydrogen-bond donors (Lipinski definition) is 1. The van der Waals surface area contributed by atoms with Crippen molar-refractivity contribution in [3.8, 4) is 0 Å². The van der Waals surface area contributed by atoms with Crippen LogP contribution in [0.15, 0.2) is 0 Å². The molecule has 116 valence electrons. The molecule has 4 heteroatoms. The molecule has 2 aliphatic rings. The van der Waals surface area contributed by atoms with E-state index >= 15 is 0 Å². The molecule has 1 aliphatic heterocycles. The third kappa shape index (κ3) is 3.73. The maximum atomic E-state index is 12.6. The molecule has 20 heavy (non-hydrogen) atoms. The molecule has 0 bridgehead atoms. The normalized spacial score (nSPS) is 29.5. The van der Waals surface area contributed by atoms with Crippen LogP contribution in [0.2, 0.25) is 0 Å². The Bertz CT molecular complexity index is 321. The number of hydrogen-bond acceptors (Lipinski definition) is 3. The summed E-state index contributed by atoms with van der Waals surface area (Å²) in [6.45, 7) is 11.3. The van der Waals surface area contributed by atoms with E-state index in [0.29, 0.717) is 11.8 Å². The van der Waals surface area contributed by atoms with Crippen LogP contribution in [-0.2, 0) is 4.79 Å². The molecular formula is C16H31N3O. The fourth-order valence-electron chi connectivity index (χ4n) is 3.50. The number of carbonyl (C=O) groups is 1. The lowest BCUT2D eigenvalue weighted by Gasteiger charge is -2.43. The maximum absolute atomic E-state index is 12.6. The van der Waals surface area contributed by atoms with Gasteiger partial charge in [0, 0.05) is 37.6 Å². The highest BCUT2D eigenvalue weighted by Crippen LogP contribution is 2.30. The van der Waals surface area contributed by atoms with Crippen LogP contribution in [0.25, 0.3) is 0 Å². The van der Waals surface area contributed by atoms with Gasteiger partial charge < -0.3 is 10.6 Å². The molecule has 1 saturated heterocycles. The van der Waals surface area contributed by atoms with Gasteiger partial charge in [0.2, 0.25) is 5.91 Å². The van der Waals surface area contributed by atoms with E-state index in [2.05, 4.69) is 30.6 Å². The van der Waals surface area contributed by atoms with Gasteiger partial charge in [-0.3, -0.25) is 9.69 Å². The summed E-state index contributed by atoms with van der Waals surface area (Å²) in [5.41, 5.74) is 5.94. The van der Waals surface area contributed by atoms with Crippen molar-refractivity contribution in [3.63, 3.8) is 0 Å². The second-order valence-corrected chi connectivity index (χ2v) is 7.44. The Morgan fingerprint density at radius 2 is 1.60 bits per heavy atom. The monoisotopic (exact) mass is 281 g/mol. The van der Waals surface area contributed by atoms with Gasteiger partial charge in [-0.25, -0.2) is 0 Å². The fourth-order valence-corrected chi connectivity index (χ4v) is 3.50. The summed E-state index contributed by atoms with van der Waals surface area (Å²) in [5.74, 6) is 1.31. The maximum Gasteiger partial charge on any atom is 0.225 e. The molecule has 1 aliphatic carbocycles. The van der Waals surface area contributed by atoms with Crippen LogP contribution in [0.4, 0.5) is 0 Å². The summed E-state index contributed by atoms with van der Waals surface area (Å²) >= 11 is 0. The van der Waals surface area contributed by atoms with Crippen molar-refractivity contribution in [1.82, 2.24) is 9.80 Å². The molecule has 2 N–H and O–H groups in total. The number of amides is 1. The van der Waals surface area contributed by atoms with Gasteiger partial charge in [0.15, 0.2) is 0 Å². The molecule has 1 heterocycles. The standard InChI is InChI=1S/C16H31N3O/c1-16(2,3)19-10-8-18(9-11-19)15(20)14-6-4-13(12-17)5-7-14/h13-14H,4-12,17H2,1-3H3. The Balaban J connectivity index is 1.80. The van der Waals surface area contributed by atoms with Crippen LogP contribution >= 0.6 is 0 Å². The summed E-state index contributed by atoms with van der Waals surface area (Å²) in [5, 5.41) is 0. The smallest absolute Gasteiger partial charge is 0.225 e. The number of rotatable bonds is 2. The third-order valence-electron chi connectivity index (χ3n) is 5.07. The molecular weight excluding hydrogens is 250 g/mol. The Morgan fingerprint density at radius 3 is 2.05 bits per heavy atom. The zero-order valence-corrected chi connectivity index (χ0v) is 13.4. The molecule has 0 atom stereocenters. The van der Waals surface area contributed by atoms with Crippen LogP contribution in [0.3, 0.4) is 0 Å². The topological polar surface area (TPSA) is 49.6 Å². The zero-order chi connectivity index (χ0) is 14.8. The minimum absolute atomic E-state index is 0.217. The molecule has 2 fully saturated rings. The van der Waals surface area contributed by atoms with Crippen molar-refractivity contribution < 1.29 is 4.79 Å². The van der Waals surface area contributed by atoms with E-state index in [1.165, 1.54) is 0 Å². The van der Waals surface area contributed by atoms with E-state index in [4.69, 9.17) is 5.73 Å². The van der Waals surface area contributed by atoms with Gasteiger partial charge in [-0.05, 0) is 58.9 Å². The van der Waals surface area contributed by atoms with Crippen molar-refractivity contribution in [2.75, 3.05) is 32.7 Å². The number of carbonyl (C=O) groups excluding carboxylic acids is 1. The molecule has 0 aromatic carbocycles. The molecule has 0 radical (unpaired) electrons. The Labute approximate surface area is 123 Å². The summed E-state index contributed by atoms with van der Waals surface area (Å²) in [6.07, 6.45) is 4.35. The first-order valence-corrected chi connectivity index (χ1v) is 8.15. The summed E-state index contributed by atoms with van der Waals surface area (Å²) in [7, 11) is 0. The van der Waals surface area contributed by atoms with Gasteiger partial charge in [-0.15, -0.1) is 0 Å². The molecule has 0 spiro atoms. The van der Waals surface area contributed by atoms with E-state index in [9.17, 15) is 4.79 Å². The molecule has 4 nitrogen and oxygen atoms in total. The van der Waals surface area contributed by atoms with Gasteiger partial charge in [-0.2, -0.15) is 0 Å². The molecule has 0 aromatic rings. The van der Waals surface area contributed by atoms with Crippen molar-refractivity contribution >= 4 is 5.91 Å². The first kappa shape index (κ1) is 15.8. The summed E-state index contributed by atoms with van der Waals surface area (Å²) in [6, 6.07) is 0. The Kier molecular flexibility index (Phi) is 5.08. The lowest BCUT2D eigenvalue weighted by Crippen LogP contribution is -2.55. The quantitative estimate of drug-likeness (QED) is 0.838. The van der Waals surface area contributed by atoms with E-state index in [1.807, 2.05) is 0 Å². The minimum atomic E-state index is 0.217. The van der Waals surface area contributed by atoms with Crippen molar-refractivity contribution in [2.45, 2.75) is 52.0 Å². The van der Waals surface area contributed by atoms with E-state index in [1.54, 1.807) is 0 Å². The molecule has 0 aromatic heterocycles. The van der Waals surface area contributed by atoms with Crippen molar-refractivity contribution in [3.05, 3.63) is 0 Å². The Hall–Kier alpha value is -0.610. The molecule has 0 unspecified atom stereocenters. The highest BCUT2D eigenvalue weighted by Gasteiger charge is 2.32. The van der Waals surface area contributed by atoms with Crippen molar-refractivity contribution in [1.29, 1.82) is 0 Å². The van der Waals surface area contributed by atoms with Crippen LogP contribution in [0.1, 0.15) is 46.5 Å². The SMILES string of the molecule is CC(C)(C)N1CCN(C(=O)C2CCC(CN)CC2)CC1. The van der Waals surface area contributed by atoms with Gasteiger partial charge in [0.25, 0.3) is 0 Å². The number of nitrogens with two attached hydrogens (primary N) is 1. The van der Waals surface area contributed by atoms with E-state index in [-0.39, 0.29) is 11.5 Å². The van der Waals surface area contributed by atoms with Gasteiger partial charge in [-0.1, -0.05) is 0 Å². The summed E-state index contributed by atoms with van der Waals surface area (Å²) in [4.78, 5) is 17.1. The lowest BCUT2D eigenvalue weighted by molar-refractivity contribution is -0.139.